The molecule has 0 spiro atoms. The van der Waals surface area contributed by atoms with Gasteiger partial charge in [-0.3, -0.25) is 13.9 Å². The van der Waals surface area contributed by atoms with E-state index in [-0.39, 0.29) is 35.5 Å². The van der Waals surface area contributed by atoms with Gasteiger partial charge in [-0.05, 0) is 62.6 Å². The number of anilines is 1. The average molecular weight is 630 g/mol. The molecule has 4 aromatic rings. The van der Waals surface area contributed by atoms with Crippen LogP contribution in [-0.2, 0) is 32.6 Å². The Morgan fingerprint density at radius 3 is 2.11 bits per heavy atom. The number of sulfonamides is 1. The minimum Gasteiger partial charge on any atom is -0.352 e. The van der Waals surface area contributed by atoms with Crippen LogP contribution in [0.3, 0.4) is 0 Å². The van der Waals surface area contributed by atoms with Crippen molar-refractivity contribution in [3.05, 3.63) is 131 Å². The Balaban J connectivity index is 1.82. The average Bonchev–Trinajstić information content (AvgIpc) is 3.02. The van der Waals surface area contributed by atoms with Crippen LogP contribution in [0.25, 0.3) is 0 Å². The van der Waals surface area contributed by atoms with Crippen molar-refractivity contribution in [2.45, 2.75) is 64.1 Å². The summed E-state index contributed by atoms with van der Waals surface area (Å²) in [6.45, 7) is 6.93. The van der Waals surface area contributed by atoms with Gasteiger partial charge in [0.1, 0.15) is 18.4 Å². The number of para-hydroxylation sites is 1. The third-order valence-electron chi connectivity index (χ3n) is 7.72. The predicted octanol–water partition coefficient (Wildman–Crippen LogP) is 6.19. The highest BCUT2D eigenvalue weighted by atomic mass is 32.2. The molecular weight excluding hydrogens is 589 g/mol. The van der Waals surface area contributed by atoms with Crippen molar-refractivity contribution in [2.75, 3.05) is 10.8 Å². The Labute approximate surface area is 265 Å². The first-order valence-corrected chi connectivity index (χ1v) is 16.5. The number of halogens is 1. The standard InChI is InChI=1S/C36H40FN3O4S/c1-5-28(4)38-36(42)34(23-29-13-7-6-8-14-29)39(24-30-15-11-12-27(3)22-30)35(41)25-40(33-17-10-9-16-32(33)37)45(43,44)31-20-18-26(2)19-21-31/h6-22,28,34H,5,23-25H2,1-4H3,(H,38,42)/t28-,34+/m0/s1. The Morgan fingerprint density at radius 1 is 0.822 bits per heavy atom. The van der Waals surface area contributed by atoms with Gasteiger partial charge in [0.2, 0.25) is 11.8 Å². The summed E-state index contributed by atoms with van der Waals surface area (Å²) in [5, 5.41) is 3.01. The quantitative estimate of drug-likeness (QED) is 0.191. The second-order valence-corrected chi connectivity index (χ2v) is 13.2. The number of rotatable bonds is 13. The van der Waals surface area contributed by atoms with E-state index in [0.29, 0.717) is 6.42 Å². The maximum Gasteiger partial charge on any atom is 0.264 e. The summed E-state index contributed by atoms with van der Waals surface area (Å²) in [5.74, 6) is -1.79. The van der Waals surface area contributed by atoms with E-state index in [1.165, 1.54) is 35.2 Å². The fourth-order valence-corrected chi connectivity index (χ4v) is 6.43. The van der Waals surface area contributed by atoms with Crippen molar-refractivity contribution in [3.8, 4) is 0 Å². The Hall–Kier alpha value is -4.50. The zero-order valence-corrected chi connectivity index (χ0v) is 26.9. The lowest BCUT2D eigenvalue weighted by molar-refractivity contribution is -0.140. The first kappa shape index (κ1) is 33.4. The van der Waals surface area contributed by atoms with Gasteiger partial charge in [-0.1, -0.05) is 96.9 Å². The molecule has 0 radical (unpaired) electrons. The lowest BCUT2D eigenvalue weighted by Gasteiger charge is -2.34. The SMILES string of the molecule is CC[C@H](C)NC(=O)[C@@H](Cc1ccccc1)N(Cc1cccc(C)c1)C(=O)CN(c1ccccc1F)S(=O)(=O)c1ccc(C)cc1. The molecule has 0 bridgehead atoms. The van der Waals surface area contributed by atoms with Crippen molar-refractivity contribution in [1.29, 1.82) is 0 Å². The molecule has 2 atom stereocenters. The minimum atomic E-state index is -4.38. The fourth-order valence-electron chi connectivity index (χ4n) is 5.01. The summed E-state index contributed by atoms with van der Waals surface area (Å²) >= 11 is 0. The number of nitrogens with zero attached hydrogens (tertiary/aromatic N) is 2. The third-order valence-corrected chi connectivity index (χ3v) is 9.49. The summed E-state index contributed by atoms with van der Waals surface area (Å²) < 4.78 is 44.1. The molecule has 2 amide bonds. The smallest absolute Gasteiger partial charge is 0.264 e. The van der Waals surface area contributed by atoms with Crippen LogP contribution in [0.2, 0.25) is 0 Å². The first-order chi connectivity index (χ1) is 21.5. The van der Waals surface area contributed by atoms with Crippen molar-refractivity contribution in [1.82, 2.24) is 10.2 Å². The second kappa shape index (κ2) is 15.0. The fraction of sp³-hybridized carbons (Fsp3) is 0.278. The van der Waals surface area contributed by atoms with Crippen LogP contribution in [0.4, 0.5) is 10.1 Å². The van der Waals surface area contributed by atoms with E-state index >= 15 is 4.39 Å². The number of nitrogens with one attached hydrogen (secondary N) is 1. The van der Waals surface area contributed by atoms with Gasteiger partial charge in [0.05, 0.1) is 10.6 Å². The van der Waals surface area contributed by atoms with E-state index in [1.807, 2.05) is 82.3 Å². The molecule has 0 aromatic heterocycles. The predicted molar refractivity (Wildman–Crippen MR) is 176 cm³/mol. The molecule has 0 heterocycles. The van der Waals surface area contributed by atoms with Gasteiger partial charge in [0.25, 0.3) is 10.0 Å². The van der Waals surface area contributed by atoms with Crippen LogP contribution in [0, 0.1) is 19.7 Å². The molecule has 0 aliphatic carbocycles. The lowest BCUT2D eigenvalue weighted by atomic mass is 10.0. The van der Waals surface area contributed by atoms with E-state index in [1.54, 1.807) is 12.1 Å². The molecule has 0 fully saturated rings. The second-order valence-electron chi connectivity index (χ2n) is 11.3. The molecule has 4 rings (SSSR count). The van der Waals surface area contributed by atoms with Gasteiger partial charge in [-0.25, -0.2) is 12.8 Å². The highest BCUT2D eigenvalue weighted by Crippen LogP contribution is 2.27. The van der Waals surface area contributed by atoms with Crippen LogP contribution in [-0.4, -0.2) is 43.8 Å². The summed E-state index contributed by atoms with van der Waals surface area (Å²) in [6.07, 6.45) is 0.885. The summed E-state index contributed by atoms with van der Waals surface area (Å²) in [7, 11) is -4.38. The van der Waals surface area contributed by atoms with Crippen LogP contribution >= 0.6 is 0 Å². The van der Waals surface area contributed by atoms with Crippen molar-refractivity contribution in [2.24, 2.45) is 0 Å². The first-order valence-electron chi connectivity index (χ1n) is 15.0. The van der Waals surface area contributed by atoms with E-state index in [4.69, 9.17) is 0 Å². The molecule has 45 heavy (non-hydrogen) atoms. The number of carbonyl (C=O) groups excluding carboxylic acids is 2. The van der Waals surface area contributed by atoms with Crippen molar-refractivity contribution >= 4 is 27.5 Å². The molecule has 4 aromatic carbocycles. The van der Waals surface area contributed by atoms with Crippen LogP contribution in [0.15, 0.2) is 108 Å². The summed E-state index contributed by atoms with van der Waals surface area (Å²) in [4.78, 5) is 29.7. The van der Waals surface area contributed by atoms with Gasteiger partial charge in [0.15, 0.2) is 0 Å². The van der Waals surface area contributed by atoms with E-state index < -0.39 is 34.3 Å². The zero-order chi connectivity index (χ0) is 32.6. The molecule has 7 nitrogen and oxygen atoms in total. The molecule has 0 saturated heterocycles. The zero-order valence-electron chi connectivity index (χ0n) is 26.1. The van der Waals surface area contributed by atoms with E-state index in [9.17, 15) is 18.0 Å². The number of hydrogen-bond donors (Lipinski definition) is 1. The van der Waals surface area contributed by atoms with E-state index in [0.717, 1.165) is 32.6 Å². The van der Waals surface area contributed by atoms with Crippen LogP contribution in [0.1, 0.15) is 42.5 Å². The van der Waals surface area contributed by atoms with Crippen LogP contribution < -0.4 is 9.62 Å². The highest BCUT2D eigenvalue weighted by molar-refractivity contribution is 7.92. The minimum absolute atomic E-state index is 0.0433. The van der Waals surface area contributed by atoms with Crippen molar-refractivity contribution < 1.29 is 22.4 Å². The molecule has 0 unspecified atom stereocenters. The van der Waals surface area contributed by atoms with Gasteiger partial charge >= 0.3 is 0 Å². The number of aryl methyl sites for hydroxylation is 2. The van der Waals surface area contributed by atoms with Crippen LogP contribution in [0.5, 0.6) is 0 Å². The maximum atomic E-state index is 15.3. The van der Waals surface area contributed by atoms with Gasteiger partial charge in [-0.15, -0.1) is 0 Å². The number of benzene rings is 4. The van der Waals surface area contributed by atoms with Gasteiger partial charge in [-0.2, -0.15) is 0 Å². The Bertz CT molecular complexity index is 1710. The largest absolute Gasteiger partial charge is 0.352 e. The third kappa shape index (κ3) is 8.57. The molecule has 236 valence electrons. The molecular formula is C36H40FN3O4S. The monoisotopic (exact) mass is 629 g/mol. The molecule has 0 aliphatic heterocycles. The molecule has 9 heteroatoms. The normalized spacial score (nSPS) is 12.6. The number of amides is 2. The van der Waals surface area contributed by atoms with E-state index in [2.05, 4.69) is 5.32 Å². The number of carbonyl (C=O) groups is 2. The maximum absolute atomic E-state index is 15.3. The Kier molecular flexibility index (Phi) is 11.1. The lowest BCUT2D eigenvalue weighted by Crippen LogP contribution is -2.54. The topological polar surface area (TPSA) is 86.8 Å². The summed E-state index contributed by atoms with van der Waals surface area (Å²) in [5.41, 5.74) is 3.17. The summed E-state index contributed by atoms with van der Waals surface area (Å²) in [6, 6.07) is 27.4. The molecule has 0 aliphatic rings. The highest BCUT2D eigenvalue weighted by Gasteiger charge is 2.35. The molecule has 1 N–H and O–H groups in total. The van der Waals surface area contributed by atoms with Gasteiger partial charge < -0.3 is 10.2 Å². The Morgan fingerprint density at radius 2 is 1.47 bits per heavy atom. The van der Waals surface area contributed by atoms with Gasteiger partial charge in [0, 0.05) is 19.0 Å². The van der Waals surface area contributed by atoms with Crippen molar-refractivity contribution in [3.63, 3.8) is 0 Å². The number of hydrogen-bond acceptors (Lipinski definition) is 4. The molecule has 0 saturated carbocycles.